The summed E-state index contributed by atoms with van der Waals surface area (Å²) >= 11 is 2.47. The van der Waals surface area contributed by atoms with E-state index in [2.05, 4.69) is 28.1 Å². The Morgan fingerprint density at radius 3 is 2.67 bits per heavy atom. The monoisotopic (exact) mass is 320 g/mol. The molecule has 1 nitrogen and oxygen atoms in total. The number of hydrogen-bond acceptors (Lipinski definition) is 1. The highest BCUT2D eigenvalue weighted by Gasteiger charge is 2.29. The second-order valence-corrected chi connectivity index (χ2v) is 6.60. The number of aryl methyl sites for hydroxylation is 1. The first-order valence-corrected chi connectivity index (χ1v) is 8.25. The topological polar surface area (TPSA) is 23.1 Å². The van der Waals surface area contributed by atoms with E-state index in [4.69, 9.17) is 0 Å². The van der Waals surface area contributed by atoms with Gasteiger partial charge in [0.05, 0.1) is 0 Å². The van der Waals surface area contributed by atoms with E-state index in [0.29, 0.717) is 0 Å². The van der Waals surface area contributed by atoms with Crippen molar-refractivity contribution in [1.82, 2.24) is 0 Å². The summed E-state index contributed by atoms with van der Waals surface area (Å²) in [6.45, 7) is 0. The van der Waals surface area contributed by atoms with Crippen LogP contribution >= 0.6 is 15.9 Å². The van der Waals surface area contributed by atoms with E-state index in [1.54, 1.807) is 0 Å². The summed E-state index contributed by atoms with van der Waals surface area (Å²) in [4.78, 5) is 1.97. The standard InChI is InChI=1S/C15H13BrOS/c16-9-8-11-5-3-7-15-13(11)10-12-4-1-2-6-14(12)18(15)17/h1-7H,8-10H2. The predicted molar refractivity (Wildman–Crippen MR) is 77.9 cm³/mol. The Morgan fingerprint density at radius 1 is 1.06 bits per heavy atom. The van der Waals surface area contributed by atoms with Gasteiger partial charge in [-0.05, 0) is 24.1 Å². The molecule has 0 bridgehead atoms. The van der Waals surface area contributed by atoms with Crippen LogP contribution in [0.5, 0.6) is 0 Å². The molecule has 0 aromatic heterocycles. The molecule has 0 saturated heterocycles. The maximum atomic E-state index is 12.6. The summed E-state index contributed by atoms with van der Waals surface area (Å²) in [5, 5.41) is 0.942. The van der Waals surface area contributed by atoms with Crippen molar-refractivity contribution in [1.29, 1.82) is 0 Å². The fourth-order valence-electron chi connectivity index (χ4n) is 2.46. The number of rotatable bonds is 2. The summed E-state index contributed by atoms with van der Waals surface area (Å²) in [6, 6.07) is 14.2. The molecule has 0 fully saturated rings. The molecule has 0 spiro atoms. The molecule has 0 radical (unpaired) electrons. The Balaban J connectivity index is 2.12. The maximum absolute atomic E-state index is 12.6. The third kappa shape index (κ3) is 2.00. The van der Waals surface area contributed by atoms with Crippen molar-refractivity contribution in [2.24, 2.45) is 0 Å². The Kier molecular flexibility index (Phi) is 3.46. The lowest BCUT2D eigenvalue weighted by atomic mass is 9.98. The van der Waals surface area contributed by atoms with Gasteiger partial charge < -0.3 is 4.55 Å². The number of hydrogen-bond donors (Lipinski definition) is 0. The molecule has 1 aliphatic heterocycles. The van der Waals surface area contributed by atoms with Gasteiger partial charge in [-0.2, -0.15) is 0 Å². The highest BCUT2D eigenvalue weighted by atomic mass is 79.9. The van der Waals surface area contributed by atoms with E-state index >= 15 is 0 Å². The van der Waals surface area contributed by atoms with Crippen molar-refractivity contribution >= 4 is 27.1 Å². The molecule has 2 aromatic carbocycles. The molecule has 1 unspecified atom stereocenters. The Morgan fingerprint density at radius 2 is 1.83 bits per heavy atom. The quantitative estimate of drug-likeness (QED) is 0.611. The summed E-state index contributed by atoms with van der Waals surface area (Å²) in [7, 11) is 0. The Bertz CT molecular complexity index is 582. The molecule has 92 valence electrons. The zero-order valence-corrected chi connectivity index (χ0v) is 12.3. The van der Waals surface area contributed by atoms with Crippen LogP contribution in [0.15, 0.2) is 52.3 Å². The van der Waals surface area contributed by atoms with Crippen LogP contribution in [0, 0.1) is 0 Å². The van der Waals surface area contributed by atoms with Crippen LogP contribution in [0.3, 0.4) is 0 Å². The number of benzene rings is 2. The van der Waals surface area contributed by atoms with Gasteiger partial charge in [-0.25, -0.2) is 0 Å². The highest BCUT2D eigenvalue weighted by Crippen LogP contribution is 2.35. The van der Waals surface area contributed by atoms with E-state index in [1.807, 2.05) is 30.3 Å². The zero-order valence-electron chi connectivity index (χ0n) is 9.86. The number of fused-ring (bicyclic) bond motifs is 2. The molecular formula is C15H13BrOS. The Labute approximate surface area is 119 Å². The number of alkyl halides is 1. The number of halogens is 1. The van der Waals surface area contributed by atoms with Crippen molar-refractivity contribution in [3.8, 4) is 0 Å². The van der Waals surface area contributed by atoms with Gasteiger partial charge in [0.15, 0.2) is 9.79 Å². The van der Waals surface area contributed by atoms with Gasteiger partial charge in [-0.15, -0.1) is 0 Å². The molecule has 1 aliphatic rings. The van der Waals surface area contributed by atoms with Crippen LogP contribution in [-0.2, 0) is 24.0 Å². The van der Waals surface area contributed by atoms with E-state index in [1.165, 1.54) is 16.7 Å². The molecule has 3 rings (SSSR count). The summed E-state index contributed by atoms with van der Waals surface area (Å²) < 4.78 is 12.6. The molecule has 0 amide bonds. The lowest BCUT2D eigenvalue weighted by Crippen LogP contribution is -2.16. The normalized spacial score (nSPS) is 17.1. The molecule has 0 saturated carbocycles. The first kappa shape index (κ1) is 12.3. The van der Waals surface area contributed by atoms with Gasteiger partial charge >= 0.3 is 0 Å². The van der Waals surface area contributed by atoms with Crippen LogP contribution in [-0.4, -0.2) is 9.88 Å². The van der Waals surface area contributed by atoms with Crippen LogP contribution in [0.4, 0.5) is 0 Å². The molecule has 1 heterocycles. The lowest BCUT2D eigenvalue weighted by Gasteiger charge is -2.23. The SMILES string of the molecule is [O-][S+]1c2ccccc2Cc2c(CCBr)cccc21. The van der Waals surface area contributed by atoms with Crippen molar-refractivity contribution < 1.29 is 4.55 Å². The minimum Gasteiger partial charge on any atom is -0.606 e. The van der Waals surface area contributed by atoms with Crippen molar-refractivity contribution in [2.75, 3.05) is 5.33 Å². The molecular weight excluding hydrogens is 308 g/mol. The average molecular weight is 321 g/mol. The molecule has 0 aliphatic carbocycles. The fourth-order valence-corrected chi connectivity index (χ4v) is 4.33. The fraction of sp³-hybridized carbons (Fsp3) is 0.200. The van der Waals surface area contributed by atoms with Gasteiger partial charge in [0.1, 0.15) is 0 Å². The first-order valence-electron chi connectivity index (χ1n) is 5.97. The van der Waals surface area contributed by atoms with E-state index in [0.717, 1.165) is 28.0 Å². The van der Waals surface area contributed by atoms with Gasteiger partial charge in [-0.1, -0.05) is 46.3 Å². The summed E-state index contributed by atoms with van der Waals surface area (Å²) in [5.41, 5.74) is 3.77. The molecule has 1 atom stereocenters. The van der Waals surface area contributed by atoms with E-state index in [9.17, 15) is 4.55 Å². The second kappa shape index (κ2) is 5.08. The zero-order chi connectivity index (χ0) is 12.5. The smallest absolute Gasteiger partial charge is 0.162 e. The predicted octanol–water partition coefficient (Wildman–Crippen LogP) is 3.69. The van der Waals surface area contributed by atoms with Gasteiger partial charge in [0, 0.05) is 34.1 Å². The Hall–Kier alpha value is -0.770. The molecule has 2 aromatic rings. The van der Waals surface area contributed by atoms with Crippen molar-refractivity contribution in [3.63, 3.8) is 0 Å². The maximum Gasteiger partial charge on any atom is 0.162 e. The summed E-state index contributed by atoms with van der Waals surface area (Å²) in [5.74, 6) is 0. The molecule has 0 N–H and O–H groups in total. The second-order valence-electron chi connectivity index (χ2n) is 4.39. The lowest BCUT2D eigenvalue weighted by molar-refractivity contribution is 0.590. The van der Waals surface area contributed by atoms with E-state index in [-0.39, 0.29) is 0 Å². The van der Waals surface area contributed by atoms with Gasteiger partial charge in [0.2, 0.25) is 0 Å². The molecule has 18 heavy (non-hydrogen) atoms. The largest absolute Gasteiger partial charge is 0.606 e. The van der Waals surface area contributed by atoms with Crippen LogP contribution in [0.2, 0.25) is 0 Å². The van der Waals surface area contributed by atoms with Gasteiger partial charge in [0.25, 0.3) is 0 Å². The average Bonchev–Trinajstić information content (AvgIpc) is 2.40. The van der Waals surface area contributed by atoms with Gasteiger partial charge in [-0.3, -0.25) is 0 Å². The van der Waals surface area contributed by atoms with Crippen molar-refractivity contribution in [2.45, 2.75) is 22.6 Å². The van der Waals surface area contributed by atoms with Crippen LogP contribution in [0.1, 0.15) is 16.7 Å². The highest BCUT2D eigenvalue weighted by molar-refractivity contribution is 9.09. The minimum atomic E-state index is -1.02. The third-order valence-corrected chi connectivity index (χ3v) is 5.31. The van der Waals surface area contributed by atoms with E-state index < -0.39 is 11.2 Å². The van der Waals surface area contributed by atoms with Crippen LogP contribution < -0.4 is 0 Å². The minimum absolute atomic E-state index is 0.903. The third-order valence-electron chi connectivity index (χ3n) is 3.33. The van der Waals surface area contributed by atoms with Crippen molar-refractivity contribution in [3.05, 3.63) is 59.2 Å². The van der Waals surface area contributed by atoms with Crippen LogP contribution in [0.25, 0.3) is 0 Å². The first-order chi connectivity index (χ1) is 8.81. The molecule has 3 heteroatoms. The summed E-state index contributed by atoms with van der Waals surface area (Å²) in [6.07, 6.45) is 1.89.